The van der Waals surface area contributed by atoms with E-state index in [-0.39, 0.29) is 5.82 Å². The highest BCUT2D eigenvalue weighted by atomic mass is 19.1. The maximum atomic E-state index is 12.9. The molecule has 0 amide bonds. The average Bonchev–Trinajstić information content (AvgIpc) is 2.44. The molecule has 0 aliphatic carbocycles. The van der Waals surface area contributed by atoms with Crippen molar-refractivity contribution in [2.45, 2.75) is 12.5 Å². The number of rotatable bonds is 1. The molecule has 2 N–H and O–H groups in total. The molecule has 0 saturated carbocycles. The topological polar surface area (TPSA) is 29.3 Å². The van der Waals surface area contributed by atoms with E-state index in [0.717, 1.165) is 12.1 Å². The summed E-state index contributed by atoms with van der Waals surface area (Å²) in [6, 6.07) is 5.25. The predicted octanol–water partition coefficient (Wildman–Crippen LogP) is 1.15. The highest BCUT2D eigenvalue weighted by molar-refractivity contribution is 5.59. The molecule has 0 saturated heterocycles. The van der Waals surface area contributed by atoms with Gasteiger partial charge in [0.15, 0.2) is 0 Å². The van der Waals surface area contributed by atoms with Gasteiger partial charge < -0.3 is 10.6 Å². The molecule has 0 radical (unpaired) electrons. The van der Waals surface area contributed by atoms with Crippen LogP contribution in [-0.2, 0) is 6.42 Å². The van der Waals surface area contributed by atoms with Crippen LogP contribution in [0.3, 0.4) is 0 Å². The first kappa shape index (κ1) is 8.51. The molecule has 0 fully saturated rings. The first-order valence-electron chi connectivity index (χ1n) is 4.43. The van der Waals surface area contributed by atoms with Crippen LogP contribution in [0.5, 0.6) is 0 Å². The Bertz CT molecular complexity index is 325. The summed E-state index contributed by atoms with van der Waals surface area (Å²) < 4.78 is 12.9. The van der Waals surface area contributed by atoms with E-state index in [2.05, 4.69) is 4.90 Å². The van der Waals surface area contributed by atoms with E-state index >= 15 is 0 Å². The maximum absolute atomic E-state index is 12.9. The van der Waals surface area contributed by atoms with Crippen molar-refractivity contribution in [3.63, 3.8) is 0 Å². The number of hydrogen-bond acceptors (Lipinski definition) is 2. The third-order valence-corrected chi connectivity index (χ3v) is 2.70. The Balaban J connectivity index is 2.39. The number of halogens is 1. The van der Waals surface area contributed by atoms with Crippen LogP contribution < -0.4 is 10.6 Å². The van der Waals surface area contributed by atoms with E-state index in [9.17, 15) is 4.39 Å². The summed E-state index contributed by atoms with van der Waals surface area (Å²) in [6.45, 7) is 0.618. The van der Waals surface area contributed by atoms with Crippen LogP contribution in [0.15, 0.2) is 18.2 Å². The lowest BCUT2D eigenvalue weighted by atomic mass is 10.1. The summed E-state index contributed by atoms with van der Waals surface area (Å²) in [7, 11) is 1.96. The second-order valence-electron chi connectivity index (χ2n) is 3.48. The third-order valence-electron chi connectivity index (χ3n) is 2.70. The summed E-state index contributed by atoms with van der Waals surface area (Å²) in [6.07, 6.45) is 0.933. The van der Waals surface area contributed by atoms with Crippen molar-refractivity contribution in [2.75, 3.05) is 18.5 Å². The fraction of sp³-hybridized carbons (Fsp3) is 0.400. The smallest absolute Gasteiger partial charge is 0.125 e. The van der Waals surface area contributed by atoms with Gasteiger partial charge in [0.2, 0.25) is 0 Å². The molecule has 1 aliphatic rings. The molecule has 1 heterocycles. The third kappa shape index (κ3) is 1.29. The monoisotopic (exact) mass is 180 g/mol. The molecule has 0 bridgehead atoms. The van der Waals surface area contributed by atoms with Gasteiger partial charge >= 0.3 is 0 Å². The summed E-state index contributed by atoms with van der Waals surface area (Å²) in [4.78, 5) is 2.05. The molecule has 13 heavy (non-hydrogen) atoms. The van der Waals surface area contributed by atoms with Crippen LogP contribution in [0.4, 0.5) is 10.1 Å². The maximum Gasteiger partial charge on any atom is 0.125 e. The molecule has 3 heteroatoms. The Hall–Kier alpha value is -1.09. The first-order valence-corrected chi connectivity index (χ1v) is 4.43. The van der Waals surface area contributed by atoms with Crippen molar-refractivity contribution in [2.24, 2.45) is 5.73 Å². The number of fused-ring (bicyclic) bond motifs is 1. The van der Waals surface area contributed by atoms with E-state index < -0.39 is 0 Å². The second kappa shape index (κ2) is 3.00. The minimum atomic E-state index is -0.178. The number of anilines is 1. The lowest BCUT2D eigenvalue weighted by molar-refractivity contribution is 0.627. The molecule has 1 aromatic carbocycles. The fourth-order valence-electron chi connectivity index (χ4n) is 1.87. The van der Waals surface area contributed by atoms with Gasteiger partial charge in [-0.05, 0) is 24.1 Å². The number of nitrogens with zero attached hydrogens (tertiary/aromatic N) is 1. The van der Waals surface area contributed by atoms with E-state index in [1.807, 2.05) is 13.1 Å². The Morgan fingerprint density at radius 3 is 3.08 bits per heavy atom. The molecular formula is C10H13FN2. The largest absolute Gasteiger partial charge is 0.370 e. The Morgan fingerprint density at radius 1 is 1.62 bits per heavy atom. The van der Waals surface area contributed by atoms with Crippen molar-refractivity contribution in [1.29, 1.82) is 0 Å². The Kier molecular flexibility index (Phi) is 1.96. The first-order chi connectivity index (χ1) is 6.22. The van der Waals surface area contributed by atoms with Gasteiger partial charge in [-0.3, -0.25) is 0 Å². The molecule has 1 aliphatic heterocycles. The molecule has 2 nitrogen and oxygen atoms in total. The molecule has 0 spiro atoms. The van der Waals surface area contributed by atoms with E-state index in [0.29, 0.717) is 12.6 Å². The highest BCUT2D eigenvalue weighted by Crippen LogP contribution is 2.30. The van der Waals surface area contributed by atoms with E-state index in [1.165, 1.54) is 11.6 Å². The normalized spacial score (nSPS) is 20.5. The minimum Gasteiger partial charge on any atom is -0.370 e. The molecule has 1 atom stereocenters. The van der Waals surface area contributed by atoms with Gasteiger partial charge in [-0.1, -0.05) is 6.07 Å². The van der Waals surface area contributed by atoms with Gasteiger partial charge in [0, 0.05) is 25.3 Å². The number of benzene rings is 1. The minimum absolute atomic E-state index is 0.178. The molecule has 70 valence electrons. The Morgan fingerprint density at radius 2 is 2.38 bits per heavy atom. The number of nitrogens with two attached hydrogens (primary N) is 1. The van der Waals surface area contributed by atoms with Crippen molar-refractivity contribution >= 4 is 5.69 Å². The van der Waals surface area contributed by atoms with Crippen molar-refractivity contribution in [1.82, 2.24) is 0 Å². The molecule has 2 rings (SSSR count). The predicted molar refractivity (Wildman–Crippen MR) is 51.3 cm³/mol. The molecule has 1 unspecified atom stereocenters. The second-order valence-corrected chi connectivity index (χ2v) is 3.48. The van der Waals surface area contributed by atoms with Gasteiger partial charge in [0.25, 0.3) is 0 Å². The average molecular weight is 180 g/mol. The van der Waals surface area contributed by atoms with Crippen LogP contribution >= 0.6 is 0 Å². The summed E-state index contributed by atoms with van der Waals surface area (Å²) in [5, 5.41) is 0. The SMILES string of the molecule is CN1c2cc(F)ccc2CC1CN. The quantitative estimate of drug-likeness (QED) is 0.702. The van der Waals surface area contributed by atoms with Gasteiger partial charge in [-0.2, -0.15) is 0 Å². The van der Waals surface area contributed by atoms with Crippen LogP contribution in [0.2, 0.25) is 0 Å². The lowest BCUT2D eigenvalue weighted by Gasteiger charge is -2.20. The number of likely N-dealkylation sites (N-methyl/N-ethyl adjacent to an activating group) is 1. The summed E-state index contributed by atoms with van der Waals surface area (Å²) in [5.41, 5.74) is 7.78. The standard InChI is InChI=1S/C10H13FN2/c1-13-9(6-12)4-7-2-3-8(11)5-10(7)13/h2-3,5,9H,4,6,12H2,1H3. The van der Waals surface area contributed by atoms with Gasteiger partial charge in [-0.15, -0.1) is 0 Å². The van der Waals surface area contributed by atoms with Gasteiger partial charge in [-0.25, -0.2) is 4.39 Å². The van der Waals surface area contributed by atoms with Crippen LogP contribution in [0, 0.1) is 5.82 Å². The van der Waals surface area contributed by atoms with E-state index in [1.54, 1.807) is 6.07 Å². The zero-order valence-corrected chi connectivity index (χ0v) is 7.63. The number of hydrogen-bond donors (Lipinski definition) is 1. The molecule has 0 aromatic heterocycles. The van der Waals surface area contributed by atoms with Crippen LogP contribution in [0.1, 0.15) is 5.56 Å². The van der Waals surface area contributed by atoms with Gasteiger partial charge in [0.05, 0.1) is 0 Å². The van der Waals surface area contributed by atoms with Crippen LogP contribution in [-0.4, -0.2) is 19.6 Å². The summed E-state index contributed by atoms with van der Waals surface area (Å²) in [5.74, 6) is -0.178. The Labute approximate surface area is 77.2 Å². The molecular weight excluding hydrogens is 167 g/mol. The van der Waals surface area contributed by atoms with E-state index in [4.69, 9.17) is 5.73 Å². The zero-order valence-electron chi connectivity index (χ0n) is 7.63. The van der Waals surface area contributed by atoms with Gasteiger partial charge in [0.1, 0.15) is 5.82 Å². The summed E-state index contributed by atoms with van der Waals surface area (Å²) >= 11 is 0. The van der Waals surface area contributed by atoms with Crippen molar-refractivity contribution in [3.8, 4) is 0 Å². The van der Waals surface area contributed by atoms with Crippen molar-refractivity contribution < 1.29 is 4.39 Å². The zero-order chi connectivity index (χ0) is 9.42. The molecule has 1 aromatic rings. The van der Waals surface area contributed by atoms with Crippen LogP contribution in [0.25, 0.3) is 0 Å². The van der Waals surface area contributed by atoms with Crippen molar-refractivity contribution in [3.05, 3.63) is 29.6 Å². The lowest BCUT2D eigenvalue weighted by Crippen LogP contribution is -2.34. The highest BCUT2D eigenvalue weighted by Gasteiger charge is 2.25. The fourth-order valence-corrected chi connectivity index (χ4v) is 1.87.